The molecule has 0 saturated carbocycles. The van der Waals surface area contributed by atoms with Gasteiger partial charge in [0.05, 0.1) is 28.4 Å². The summed E-state index contributed by atoms with van der Waals surface area (Å²) in [6, 6.07) is 12.7. The number of thiophene rings is 1. The zero-order chi connectivity index (χ0) is 23.9. The predicted molar refractivity (Wildman–Crippen MR) is 145 cm³/mol. The van der Waals surface area contributed by atoms with Gasteiger partial charge in [0.2, 0.25) is 0 Å². The van der Waals surface area contributed by atoms with Gasteiger partial charge in [-0.05, 0) is 72.1 Å². The van der Waals surface area contributed by atoms with Gasteiger partial charge in [-0.1, -0.05) is 18.6 Å². The summed E-state index contributed by atoms with van der Waals surface area (Å²) in [5.74, 6) is 0.744. The Morgan fingerprint density at radius 3 is 2.78 bits per heavy atom. The Kier molecular flexibility index (Phi) is 5.33. The van der Waals surface area contributed by atoms with Crippen LogP contribution < -0.4 is 0 Å². The Hall–Kier alpha value is -3.88. The van der Waals surface area contributed by atoms with Crippen molar-refractivity contribution in [3.8, 4) is 33.9 Å². The maximum absolute atomic E-state index is 4.97. The van der Waals surface area contributed by atoms with Crippen LogP contribution in [0.5, 0.6) is 0 Å². The van der Waals surface area contributed by atoms with Crippen LogP contribution in [0.2, 0.25) is 0 Å². The topological polar surface area (TPSA) is 86.4 Å². The molecule has 0 amide bonds. The predicted octanol–water partition coefficient (Wildman–Crippen LogP) is 6.28. The lowest BCUT2D eigenvalue weighted by atomic mass is 10.1. The van der Waals surface area contributed by atoms with Crippen molar-refractivity contribution < 1.29 is 0 Å². The van der Waals surface area contributed by atoms with Crippen LogP contribution in [0, 0.1) is 0 Å². The van der Waals surface area contributed by atoms with E-state index in [4.69, 9.17) is 9.97 Å². The molecule has 8 heteroatoms. The molecule has 0 radical (unpaired) electrons. The Morgan fingerprint density at radius 1 is 0.944 bits per heavy atom. The number of fused-ring (bicyclic) bond motifs is 2. The summed E-state index contributed by atoms with van der Waals surface area (Å²) in [5.41, 5.74) is 9.04. The van der Waals surface area contributed by atoms with Crippen molar-refractivity contribution in [2.24, 2.45) is 0 Å². The van der Waals surface area contributed by atoms with E-state index in [9.17, 15) is 0 Å². The molecule has 1 aliphatic rings. The molecule has 1 fully saturated rings. The molecule has 178 valence electrons. The number of para-hydroxylation sites is 1. The molecule has 0 atom stereocenters. The van der Waals surface area contributed by atoms with Crippen LogP contribution in [0.15, 0.2) is 65.7 Å². The normalized spacial score (nSPS) is 14.7. The van der Waals surface area contributed by atoms with E-state index < -0.39 is 0 Å². The third-order valence-corrected chi connectivity index (χ3v) is 7.65. The summed E-state index contributed by atoms with van der Waals surface area (Å²) in [6.07, 6.45) is 9.61. The standard InChI is InChI=1S/C28H25N7S/c1-2-8-35(9-3-1)16-18-11-20(14-29-13-18)24-12-22-25(15-30-24)33-34-27(22)28-31-23-6-4-5-21(26(23)32-28)19-7-10-36-17-19/h4-7,10-15,17H,1-3,8-9,16H2,(H,31,32)(H,33,34). The number of benzene rings is 1. The molecular formula is C28H25N7S. The molecule has 7 nitrogen and oxygen atoms in total. The molecule has 1 aromatic carbocycles. The van der Waals surface area contributed by atoms with Gasteiger partial charge in [-0.15, -0.1) is 0 Å². The van der Waals surface area contributed by atoms with Crippen LogP contribution >= 0.6 is 11.3 Å². The molecule has 0 spiro atoms. The summed E-state index contributed by atoms with van der Waals surface area (Å²) in [6.45, 7) is 3.27. The van der Waals surface area contributed by atoms with E-state index in [1.165, 1.54) is 43.5 Å². The van der Waals surface area contributed by atoms with E-state index in [1.54, 1.807) is 11.3 Å². The summed E-state index contributed by atoms with van der Waals surface area (Å²) in [4.78, 5) is 20.2. The van der Waals surface area contributed by atoms with Gasteiger partial charge in [-0.25, -0.2) is 4.98 Å². The highest BCUT2D eigenvalue weighted by molar-refractivity contribution is 7.08. The molecule has 5 aromatic heterocycles. The van der Waals surface area contributed by atoms with Crippen molar-refractivity contribution in [1.29, 1.82) is 0 Å². The lowest BCUT2D eigenvalue weighted by Gasteiger charge is -2.26. The van der Waals surface area contributed by atoms with Crippen molar-refractivity contribution in [2.45, 2.75) is 25.8 Å². The minimum atomic E-state index is 0.744. The number of piperidine rings is 1. The van der Waals surface area contributed by atoms with E-state index in [1.807, 2.05) is 18.6 Å². The Bertz CT molecular complexity index is 1660. The van der Waals surface area contributed by atoms with Gasteiger partial charge in [0.1, 0.15) is 5.69 Å². The van der Waals surface area contributed by atoms with Crippen molar-refractivity contribution in [2.75, 3.05) is 13.1 Å². The fraction of sp³-hybridized carbons (Fsp3) is 0.214. The number of hydrogen-bond acceptors (Lipinski definition) is 6. The molecule has 6 aromatic rings. The second-order valence-electron chi connectivity index (χ2n) is 9.41. The first kappa shape index (κ1) is 21.4. The maximum Gasteiger partial charge on any atom is 0.159 e. The molecule has 6 heterocycles. The van der Waals surface area contributed by atoms with Crippen LogP contribution in [0.4, 0.5) is 0 Å². The van der Waals surface area contributed by atoms with Crippen molar-refractivity contribution in [3.63, 3.8) is 0 Å². The smallest absolute Gasteiger partial charge is 0.159 e. The van der Waals surface area contributed by atoms with E-state index in [0.29, 0.717) is 0 Å². The van der Waals surface area contributed by atoms with Crippen LogP contribution in [-0.4, -0.2) is 48.1 Å². The number of imidazole rings is 1. The number of aromatic amines is 2. The van der Waals surface area contributed by atoms with Crippen LogP contribution in [0.1, 0.15) is 24.8 Å². The first-order valence-electron chi connectivity index (χ1n) is 12.3. The molecular weight excluding hydrogens is 466 g/mol. The summed E-state index contributed by atoms with van der Waals surface area (Å²) >= 11 is 1.69. The first-order valence-corrected chi connectivity index (χ1v) is 13.3. The number of nitrogens with one attached hydrogen (secondary N) is 2. The second-order valence-corrected chi connectivity index (χ2v) is 10.2. The van der Waals surface area contributed by atoms with Gasteiger partial charge in [0.25, 0.3) is 0 Å². The highest BCUT2D eigenvalue weighted by atomic mass is 32.1. The number of hydrogen-bond donors (Lipinski definition) is 2. The van der Waals surface area contributed by atoms with Gasteiger partial charge in [0.15, 0.2) is 5.82 Å². The van der Waals surface area contributed by atoms with E-state index >= 15 is 0 Å². The van der Waals surface area contributed by atoms with Gasteiger partial charge >= 0.3 is 0 Å². The van der Waals surface area contributed by atoms with Gasteiger partial charge < -0.3 is 4.98 Å². The van der Waals surface area contributed by atoms with Crippen LogP contribution in [0.25, 0.3) is 55.8 Å². The molecule has 1 aliphatic heterocycles. The van der Waals surface area contributed by atoms with Crippen LogP contribution in [0.3, 0.4) is 0 Å². The minimum absolute atomic E-state index is 0.744. The molecule has 2 N–H and O–H groups in total. The largest absolute Gasteiger partial charge is 0.337 e. The number of likely N-dealkylation sites (tertiary alicyclic amines) is 1. The van der Waals surface area contributed by atoms with Crippen molar-refractivity contribution >= 4 is 33.3 Å². The molecule has 0 aliphatic carbocycles. The number of aromatic nitrogens is 6. The van der Waals surface area contributed by atoms with Crippen LogP contribution in [-0.2, 0) is 6.54 Å². The molecule has 1 saturated heterocycles. The zero-order valence-corrected chi connectivity index (χ0v) is 20.6. The molecule has 36 heavy (non-hydrogen) atoms. The summed E-state index contributed by atoms with van der Waals surface area (Å²) in [5, 5.41) is 13.0. The lowest BCUT2D eigenvalue weighted by molar-refractivity contribution is 0.220. The first-order chi connectivity index (χ1) is 17.8. The lowest BCUT2D eigenvalue weighted by Crippen LogP contribution is -2.29. The fourth-order valence-corrected chi connectivity index (χ4v) is 5.80. The van der Waals surface area contributed by atoms with Crippen molar-refractivity contribution in [3.05, 3.63) is 71.3 Å². The third-order valence-electron chi connectivity index (χ3n) is 6.96. The van der Waals surface area contributed by atoms with Gasteiger partial charge in [-0.3, -0.25) is 20.0 Å². The molecule has 0 bridgehead atoms. The van der Waals surface area contributed by atoms with Crippen molar-refractivity contribution in [1.82, 2.24) is 35.0 Å². The average molecular weight is 492 g/mol. The summed E-state index contributed by atoms with van der Waals surface area (Å²) < 4.78 is 0. The minimum Gasteiger partial charge on any atom is -0.337 e. The van der Waals surface area contributed by atoms with E-state index in [2.05, 4.69) is 72.2 Å². The Labute approximate surface area is 212 Å². The molecule has 7 rings (SSSR count). The molecule has 0 unspecified atom stereocenters. The number of pyridine rings is 2. The number of H-pyrrole nitrogens is 2. The second kappa shape index (κ2) is 8.96. The Balaban J connectivity index is 1.26. The average Bonchev–Trinajstić information content (AvgIpc) is 3.68. The van der Waals surface area contributed by atoms with Gasteiger partial charge in [0, 0.05) is 35.5 Å². The SMILES string of the molecule is c1cc(-c2ccsc2)c2nc(-c3n[nH]c4cnc(-c5cncc(CN6CCCCC6)c5)cc34)[nH]c2c1. The quantitative estimate of drug-likeness (QED) is 0.296. The fourth-order valence-electron chi connectivity index (χ4n) is 5.14. The Morgan fingerprint density at radius 2 is 1.89 bits per heavy atom. The van der Waals surface area contributed by atoms with Gasteiger partial charge in [-0.2, -0.15) is 16.4 Å². The number of nitrogens with zero attached hydrogens (tertiary/aromatic N) is 5. The summed E-state index contributed by atoms with van der Waals surface area (Å²) in [7, 11) is 0. The van der Waals surface area contributed by atoms with E-state index in [-0.39, 0.29) is 0 Å². The third kappa shape index (κ3) is 3.88. The highest BCUT2D eigenvalue weighted by Crippen LogP contribution is 2.33. The maximum atomic E-state index is 4.97. The monoisotopic (exact) mass is 491 g/mol. The zero-order valence-electron chi connectivity index (χ0n) is 19.7. The van der Waals surface area contributed by atoms with E-state index in [0.717, 1.165) is 56.8 Å². The highest BCUT2D eigenvalue weighted by Gasteiger charge is 2.17. The number of rotatable bonds is 5.